The molecule has 84 valence electrons. The molecule has 1 fully saturated rings. The number of rotatable bonds is 2. The molecule has 0 radical (unpaired) electrons. The van der Waals surface area contributed by atoms with Crippen LogP contribution in [0.4, 0.5) is 5.82 Å². The molecular formula is C12H16N4. The minimum atomic E-state index is 0.690. The quantitative estimate of drug-likeness (QED) is 0.769. The third kappa shape index (κ3) is 1.29. The first-order valence-electron chi connectivity index (χ1n) is 5.69. The van der Waals surface area contributed by atoms with E-state index in [1.807, 2.05) is 31.4 Å². The van der Waals surface area contributed by atoms with E-state index < -0.39 is 0 Å². The second-order valence-corrected chi connectivity index (χ2v) is 4.70. The molecule has 1 aliphatic carbocycles. The van der Waals surface area contributed by atoms with Gasteiger partial charge in [0.2, 0.25) is 0 Å². The molecule has 2 aromatic rings. The van der Waals surface area contributed by atoms with Crippen molar-refractivity contribution >= 4 is 11.5 Å². The summed E-state index contributed by atoms with van der Waals surface area (Å²) in [6.45, 7) is 2.15. The average molecular weight is 216 g/mol. The van der Waals surface area contributed by atoms with Crippen LogP contribution in [0, 0.1) is 6.92 Å². The van der Waals surface area contributed by atoms with Crippen LogP contribution < -0.4 is 4.90 Å². The van der Waals surface area contributed by atoms with Crippen LogP contribution in [0.15, 0.2) is 12.4 Å². The Bertz CT molecular complexity index is 537. The Morgan fingerprint density at radius 1 is 1.38 bits per heavy atom. The number of imidazole rings is 1. The fraction of sp³-hybridized carbons (Fsp3) is 0.500. The second kappa shape index (κ2) is 3.20. The van der Waals surface area contributed by atoms with Gasteiger partial charge in [-0.15, -0.1) is 0 Å². The first-order valence-corrected chi connectivity index (χ1v) is 5.69. The lowest BCUT2D eigenvalue weighted by molar-refractivity contribution is 0.998. The van der Waals surface area contributed by atoms with Crippen molar-refractivity contribution in [3.05, 3.63) is 23.8 Å². The van der Waals surface area contributed by atoms with Crippen molar-refractivity contribution in [2.75, 3.05) is 19.0 Å². The smallest absolute Gasteiger partial charge is 0.180 e. The zero-order valence-electron chi connectivity index (χ0n) is 9.94. The van der Waals surface area contributed by atoms with Crippen molar-refractivity contribution in [3.63, 3.8) is 0 Å². The zero-order valence-corrected chi connectivity index (χ0v) is 9.94. The van der Waals surface area contributed by atoms with Crippen molar-refractivity contribution in [2.24, 2.45) is 0 Å². The highest BCUT2D eigenvalue weighted by molar-refractivity contribution is 5.65. The number of nitrogens with zero attached hydrogens (tertiary/aromatic N) is 4. The van der Waals surface area contributed by atoms with Gasteiger partial charge in [0.1, 0.15) is 0 Å². The molecule has 4 heteroatoms. The third-order valence-electron chi connectivity index (χ3n) is 3.19. The summed E-state index contributed by atoms with van der Waals surface area (Å²) in [6, 6.07) is 0. The molecule has 1 saturated carbocycles. The van der Waals surface area contributed by atoms with Crippen LogP contribution in [0.3, 0.4) is 0 Å². The summed E-state index contributed by atoms with van der Waals surface area (Å²) in [5.74, 6) is 1.63. The Labute approximate surface area is 94.9 Å². The Kier molecular flexibility index (Phi) is 1.93. The Morgan fingerprint density at radius 3 is 2.75 bits per heavy atom. The molecule has 1 aliphatic rings. The molecule has 0 aliphatic heterocycles. The molecule has 16 heavy (non-hydrogen) atoms. The summed E-state index contributed by atoms with van der Waals surface area (Å²) < 4.78 is 2.15. The highest BCUT2D eigenvalue weighted by atomic mass is 15.2. The van der Waals surface area contributed by atoms with Gasteiger partial charge in [-0.1, -0.05) is 0 Å². The van der Waals surface area contributed by atoms with E-state index in [1.165, 1.54) is 24.2 Å². The van der Waals surface area contributed by atoms with E-state index in [0.717, 1.165) is 11.5 Å². The lowest BCUT2D eigenvalue weighted by atomic mass is 10.2. The van der Waals surface area contributed by atoms with Crippen molar-refractivity contribution in [3.8, 4) is 0 Å². The topological polar surface area (TPSA) is 33.4 Å². The lowest BCUT2D eigenvalue weighted by Crippen LogP contribution is -2.12. The zero-order chi connectivity index (χ0) is 11.3. The molecule has 2 heterocycles. The standard InChI is InChI=1S/C12H16N4/c1-8-10(9-4-5-9)14-12-11(15(2)3)13-6-7-16(8)12/h6-7,9H,4-5H2,1-3H3. The van der Waals surface area contributed by atoms with Crippen LogP contribution in [0.1, 0.15) is 30.1 Å². The summed E-state index contributed by atoms with van der Waals surface area (Å²) in [5.41, 5.74) is 3.51. The molecule has 0 spiro atoms. The molecule has 0 N–H and O–H groups in total. The van der Waals surface area contributed by atoms with Crippen LogP contribution in [-0.2, 0) is 0 Å². The van der Waals surface area contributed by atoms with Gasteiger partial charge in [0.05, 0.1) is 5.69 Å². The monoisotopic (exact) mass is 216 g/mol. The maximum Gasteiger partial charge on any atom is 0.180 e. The minimum absolute atomic E-state index is 0.690. The van der Waals surface area contributed by atoms with Gasteiger partial charge in [0.25, 0.3) is 0 Å². The van der Waals surface area contributed by atoms with Crippen molar-refractivity contribution in [1.82, 2.24) is 14.4 Å². The van der Waals surface area contributed by atoms with Crippen molar-refractivity contribution in [1.29, 1.82) is 0 Å². The second-order valence-electron chi connectivity index (χ2n) is 4.70. The average Bonchev–Trinajstić information content (AvgIpc) is 3.04. The van der Waals surface area contributed by atoms with Gasteiger partial charge < -0.3 is 4.90 Å². The molecule has 0 unspecified atom stereocenters. The Balaban J connectivity index is 2.27. The number of hydrogen-bond donors (Lipinski definition) is 0. The highest BCUT2D eigenvalue weighted by Crippen LogP contribution is 2.41. The fourth-order valence-electron chi connectivity index (χ4n) is 2.16. The van der Waals surface area contributed by atoms with Crippen LogP contribution in [-0.4, -0.2) is 28.5 Å². The van der Waals surface area contributed by atoms with Gasteiger partial charge in [0, 0.05) is 38.1 Å². The molecule has 2 aromatic heterocycles. The summed E-state index contributed by atoms with van der Waals surface area (Å²) in [5, 5.41) is 0. The number of hydrogen-bond acceptors (Lipinski definition) is 3. The van der Waals surface area contributed by atoms with Crippen molar-refractivity contribution < 1.29 is 0 Å². The van der Waals surface area contributed by atoms with E-state index >= 15 is 0 Å². The minimum Gasteiger partial charge on any atom is -0.360 e. The van der Waals surface area contributed by atoms with E-state index in [-0.39, 0.29) is 0 Å². The Morgan fingerprint density at radius 2 is 2.12 bits per heavy atom. The Hall–Kier alpha value is -1.58. The molecule has 3 rings (SSSR count). The maximum absolute atomic E-state index is 4.75. The van der Waals surface area contributed by atoms with Gasteiger partial charge in [-0.3, -0.25) is 4.40 Å². The van der Waals surface area contributed by atoms with Crippen LogP contribution in [0.2, 0.25) is 0 Å². The number of anilines is 1. The van der Waals surface area contributed by atoms with E-state index in [4.69, 9.17) is 4.98 Å². The van der Waals surface area contributed by atoms with Gasteiger partial charge in [-0.25, -0.2) is 9.97 Å². The molecule has 0 amide bonds. The number of aryl methyl sites for hydroxylation is 1. The summed E-state index contributed by atoms with van der Waals surface area (Å²) in [6.07, 6.45) is 6.41. The normalized spacial score (nSPS) is 15.7. The molecule has 0 saturated heterocycles. The maximum atomic E-state index is 4.75. The highest BCUT2D eigenvalue weighted by Gasteiger charge is 2.29. The number of fused-ring (bicyclic) bond motifs is 1. The summed E-state index contributed by atoms with van der Waals surface area (Å²) >= 11 is 0. The van der Waals surface area contributed by atoms with Crippen LogP contribution >= 0.6 is 0 Å². The summed E-state index contributed by atoms with van der Waals surface area (Å²) in [4.78, 5) is 11.1. The molecule has 0 aromatic carbocycles. The van der Waals surface area contributed by atoms with Crippen LogP contribution in [0.5, 0.6) is 0 Å². The molecular weight excluding hydrogens is 200 g/mol. The lowest BCUT2D eigenvalue weighted by Gasteiger charge is -2.11. The first-order chi connectivity index (χ1) is 7.68. The van der Waals surface area contributed by atoms with E-state index in [9.17, 15) is 0 Å². The van der Waals surface area contributed by atoms with Gasteiger partial charge in [-0.2, -0.15) is 0 Å². The van der Waals surface area contributed by atoms with E-state index in [2.05, 4.69) is 16.3 Å². The first kappa shape index (κ1) is 9.63. The molecule has 0 atom stereocenters. The van der Waals surface area contributed by atoms with Crippen molar-refractivity contribution in [2.45, 2.75) is 25.7 Å². The van der Waals surface area contributed by atoms with Gasteiger partial charge in [0.15, 0.2) is 11.5 Å². The fourth-order valence-corrected chi connectivity index (χ4v) is 2.16. The molecule has 4 nitrogen and oxygen atoms in total. The molecule has 0 bridgehead atoms. The SMILES string of the molecule is Cc1c(C2CC2)nc2c(N(C)C)nccn12. The van der Waals surface area contributed by atoms with Gasteiger partial charge in [-0.05, 0) is 19.8 Å². The van der Waals surface area contributed by atoms with Gasteiger partial charge >= 0.3 is 0 Å². The van der Waals surface area contributed by atoms with E-state index in [0.29, 0.717) is 5.92 Å². The largest absolute Gasteiger partial charge is 0.360 e. The number of aromatic nitrogens is 3. The predicted molar refractivity (Wildman–Crippen MR) is 64.0 cm³/mol. The van der Waals surface area contributed by atoms with E-state index in [1.54, 1.807) is 0 Å². The van der Waals surface area contributed by atoms with Crippen LogP contribution in [0.25, 0.3) is 5.65 Å². The summed E-state index contributed by atoms with van der Waals surface area (Å²) in [7, 11) is 4.01. The predicted octanol–water partition coefficient (Wildman–Crippen LogP) is 1.98. The third-order valence-corrected chi connectivity index (χ3v) is 3.19.